The van der Waals surface area contributed by atoms with Gasteiger partial charge < -0.3 is 5.32 Å². The Bertz CT molecular complexity index is 603. The first-order valence-electron chi connectivity index (χ1n) is 6.09. The fourth-order valence-corrected chi connectivity index (χ4v) is 2.86. The molecule has 1 aromatic rings. The number of rotatable bonds is 5. The van der Waals surface area contributed by atoms with Gasteiger partial charge in [-0.15, -0.1) is 0 Å². The first-order valence-corrected chi connectivity index (χ1v) is 8.78. The average Bonchev–Trinajstić information content (AvgIpc) is 2.29. The smallest absolute Gasteiger partial charge is 0.154 e. The second-order valence-electron chi connectivity index (χ2n) is 5.15. The molecule has 1 rings (SSSR count). The first-order chi connectivity index (χ1) is 9.02. The fourth-order valence-electron chi connectivity index (χ4n) is 1.91. The molecular weight excluding hydrogens is 352 g/mol. The van der Waals surface area contributed by atoms with Crippen LogP contribution in [0.3, 0.4) is 0 Å². The summed E-state index contributed by atoms with van der Waals surface area (Å²) >= 11 is 2.90. The molecule has 1 N–H and O–H groups in total. The summed E-state index contributed by atoms with van der Waals surface area (Å²) in [5.41, 5.74) is 0.00275. The van der Waals surface area contributed by atoms with Crippen molar-refractivity contribution < 1.29 is 17.2 Å². The Kier molecular flexibility index (Phi) is 5.32. The minimum absolute atomic E-state index is 0.00275. The van der Waals surface area contributed by atoms with Gasteiger partial charge in [-0.1, -0.05) is 6.92 Å². The largest absolute Gasteiger partial charge is 0.309 e. The molecule has 0 heterocycles. The quantitative estimate of drug-likeness (QED) is 0.810. The maximum absolute atomic E-state index is 14.1. The summed E-state index contributed by atoms with van der Waals surface area (Å²) in [4.78, 5) is 0. The third-order valence-electron chi connectivity index (χ3n) is 3.41. The molecule has 1 atom stereocenters. The van der Waals surface area contributed by atoms with Gasteiger partial charge in [-0.05, 0) is 48.5 Å². The Morgan fingerprint density at radius 3 is 2.30 bits per heavy atom. The zero-order valence-electron chi connectivity index (χ0n) is 11.8. The monoisotopic (exact) mass is 369 g/mol. The van der Waals surface area contributed by atoms with E-state index in [2.05, 4.69) is 21.2 Å². The van der Waals surface area contributed by atoms with E-state index in [9.17, 15) is 17.2 Å². The molecule has 0 fully saturated rings. The molecule has 3 nitrogen and oxygen atoms in total. The van der Waals surface area contributed by atoms with Crippen molar-refractivity contribution in [1.82, 2.24) is 5.32 Å². The molecule has 0 saturated heterocycles. The van der Waals surface area contributed by atoms with E-state index in [4.69, 9.17) is 0 Å². The molecule has 20 heavy (non-hydrogen) atoms. The third-order valence-corrected chi connectivity index (χ3v) is 6.16. The summed E-state index contributed by atoms with van der Waals surface area (Å²) in [5, 5.41) is 2.93. The van der Waals surface area contributed by atoms with Crippen LogP contribution in [0, 0.1) is 11.6 Å². The Hall–Kier alpha value is -0.530. The molecule has 1 unspecified atom stereocenters. The number of hydrogen-bond acceptors (Lipinski definition) is 3. The molecule has 1 aromatic carbocycles. The standard InChI is InChI=1S/C13H18BrF2NO2S/c1-5-17-12(13(2,3)20(4,18)19)8-6-11(16)9(14)7-10(8)15/h6-7,12,17H,5H2,1-4H3. The van der Waals surface area contributed by atoms with E-state index in [-0.39, 0.29) is 10.0 Å². The highest BCUT2D eigenvalue weighted by molar-refractivity contribution is 9.10. The zero-order valence-corrected chi connectivity index (χ0v) is 14.2. The predicted molar refractivity (Wildman–Crippen MR) is 79.4 cm³/mol. The lowest BCUT2D eigenvalue weighted by molar-refractivity contribution is 0.411. The summed E-state index contributed by atoms with van der Waals surface area (Å²) in [6.07, 6.45) is 1.09. The van der Waals surface area contributed by atoms with Crippen LogP contribution < -0.4 is 5.32 Å². The lowest BCUT2D eigenvalue weighted by Crippen LogP contribution is -2.45. The number of sulfone groups is 1. The topological polar surface area (TPSA) is 46.2 Å². The second kappa shape index (κ2) is 6.07. The molecule has 0 aliphatic rings. The molecule has 0 aliphatic heterocycles. The molecule has 7 heteroatoms. The number of hydrogen-bond donors (Lipinski definition) is 1. The molecule has 0 radical (unpaired) electrons. The molecule has 114 valence electrons. The average molecular weight is 370 g/mol. The number of halogens is 3. The van der Waals surface area contributed by atoms with Crippen molar-refractivity contribution in [3.05, 3.63) is 33.8 Å². The van der Waals surface area contributed by atoms with Gasteiger partial charge >= 0.3 is 0 Å². The van der Waals surface area contributed by atoms with Gasteiger partial charge in [0.15, 0.2) is 9.84 Å². The van der Waals surface area contributed by atoms with E-state index in [1.165, 1.54) is 13.8 Å². The van der Waals surface area contributed by atoms with Crippen molar-refractivity contribution in [2.24, 2.45) is 0 Å². The molecule has 0 bridgehead atoms. The van der Waals surface area contributed by atoms with Gasteiger partial charge in [0.05, 0.1) is 15.3 Å². The zero-order chi connectivity index (χ0) is 15.7. The van der Waals surface area contributed by atoms with E-state index in [1.807, 2.05) is 0 Å². The van der Waals surface area contributed by atoms with Crippen LogP contribution in [0.1, 0.15) is 32.4 Å². The predicted octanol–water partition coefficient (Wildman–Crippen LogP) is 3.20. The van der Waals surface area contributed by atoms with Crippen LogP contribution in [0.2, 0.25) is 0 Å². The third kappa shape index (κ3) is 3.38. The number of benzene rings is 1. The molecule has 0 aromatic heterocycles. The molecule has 0 saturated carbocycles. The summed E-state index contributed by atoms with van der Waals surface area (Å²) < 4.78 is 50.4. The van der Waals surface area contributed by atoms with Gasteiger partial charge in [0.2, 0.25) is 0 Å². The van der Waals surface area contributed by atoms with Crippen molar-refractivity contribution in [3.63, 3.8) is 0 Å². The van der Waals surface area contributed by atoms with Crippen LogP contribution in [-0.4, -0.2) is 26.0 Å². The summed E-state index contributed by atoms with van der Waals surface area (Å²) in [6.45, 7) is 5.20. The lowest BCUT2D eigenvalue weighted by Gasteiger charge is -2.34. The van der Waals surface area contributed by atoms with Gasteiger partial charge in [-0.3, -0.25) is 0 Å². The van der Waals surface area contributed by atoms with Gasteiger partial charge in [0, 0.05) is 11.8 Å². The SMILES string of the molecule is CCNC(c1cc(F)c(Br)cc1F)C(C)(C)S(C)(=O)=O. The van der Waals surface area contributed by atoms with Crippen molar-refractivity contribution in [2.45, 2.75) is 31.6 Å². The molecule has 0 amide bonds. The highest BCUT2D eigenvalue weighted by Gasteiger charge is 2.41. The van der Waals surface area contributed by atoms with Crippen molar-refractivity contribution in [1.29, 1.82) is 0 Å². The highest BCUT2D eigenvalue weighted by Crippen LogP contribution is 2.35. The Morgan fingerprint density at radius 1 is 1.30 bits per heavy atom. The normalized spacial score (nSPS) is 14.3. The second-order valence-corrected chi connectivity index (χ2v) is 8.61. The van der Waals surface area contributed by atoms with E-state index < -0.39 is 32.3 Å². The maximum Gasteiger partial charge on any atom is 0.154 e. The van der Waals surface area contributed by atoms with E-state index in [1.54, 1.807) is 6.92 Å². The molecule has 0 spiro atoms. The Labute approximate surface area is 126 Å². The van der Waals surface area contributed by atoms with Crippen LogP contribution in [0.4, 0.5) is 8.78 Å². The van der Waals surface area contributed by atoms with Gasteiger partial charge in [0.1, 0.15) is 11.6 Å². The first kappa shape index (κ1) is 17.5. The van der Waals surface area contributed by atoms with Gasteiger partial charge in [-0.25, -0.2) is 17.2 Å². The van der Waals surface area contributed by atoms with Crippen molar-refractivity contribution >= 4 is 25.8 Å². The summed E-state index contributed by atoms with van der Waals surface area (Å²) in [7, 11) is -3.47. The van der Waals surface area contributed by atoms with Crippen LogP contribution >= 0.6 is 15.9 Å². The van der Waals surface area contributed by atoms with Crippen LogP contribution in [0.5, 0.6) is 0 Å². The fraction of sp³-hybridized carbons (Fsp3) is 0.538. The van der Waals surface area contributed by atoms with Crippen molar-refractivity contribution in [3.8, 4) is 0 Å². The minimum atomic E-state index is -3.47. The lowest BCUT2D eigenvalue weighted by atomic mass is 9.94. The van der Waals surface area contributed by atoms with Crippen LogP contribution in [0.15, 0.2) is 16.6 Å². The van der Waals surface area contributed by atoms with Gasteiger partial charge in [-0.2, -0.15) is 0 Å². The maximum atomic E-state index is 14.1. The Balaban J connectivity index is 3.46. The molecular formula is C13H18BrF2NO2S. The minimum Gasteiger partial charge on any atom is -0.309 e. The Morgan fingerprint density at radius 2 is 1.85 bits per heavy atom. The molecule has 0 aliphatic carbocycles. The van der Waals surface area contributed by atoms with Crippen LogP contribution in [0.25, 0.3) is 0 Å². The summed E-state index contributed by atoms with van der Waals surface area (Å²) in [5.74, 6) is -1.28. The van der Waals surface area contributed by atoms with E-state index in [0.29, 0.717) is 6.54 Å². The summed E-state index contributed by atoms with van der Waals surface area (Å²) in [6, 6.07) is 1.19. The highest BCUT2D eigenvalue weighted by atomic mass is 79.9. The van der Waals surface area contributed by atoms with Crippen LogP contribution in [-0.2, 0) is 9.84 Å². The van der Waals surface area contributed by atoms with Gasteiger partial charge in [0.25, 0.3) is 0 Å². The van der Waals surface area contributed by atoms with Crippen molar-refractivity contribution in [2.75, 3.05) is 12.8 Å². The van der Waals surface area contributed by atoms with E-state index in [0.717, 1.165) is 18.4 Å². The number of nitrogens with one attached hydrogen (secondary N) is 1. The van der Waals surface area contributed by atoms with E-state index >= 15 is 0 Å².